The fourth-order valence-electron chi connectivity index (χ4n) is 5.10. The third-order valence-electron chi connectivity index (χ3n) is 7.10. The van der Waals surface area contributed by atoms with Gasteiger partial charge in [0.25, 0.3) is 10.1 Å². The van der Waals surface area contributed by atoms with Crippen molar-refractivity contribution in [3.8, 4) is 0 Å². The normalized spacial score (nSPS) is 13.6. The van der Waals surface area contributed by atoms with Crippen molar-refractivity contribution >= 4 is 37.2 Å². The molecule has 0 amide bonds. The molecule has 2 aromatic rings. The lowest BCUT2D eigenvalue weighted by molar-refractivity contribution is -0.519. The lowest BCUT2D eigenvalue weighted by Crippen LogP contribution is -2.21. The molecule has 3 rings (SSSR count). The van der Waals surface area contributed by atoms with E-state index in [0.717, 1.165) is 37.6 Å². The molecule has 0 spiro atoms. The fraction of sp³-hybridized carbons (Fsp3) is 0.345. The summed E-state index contributed by atoms with van der Waals surface area (Å²) in [6.07, 6.45) is 7.67. The predicted molar refractivity (Wildman–Crippen MR) is 154 cm³/mol. The molecule has 0 saturated heterocycles. The standard InChI is InChI=1S/C29H36N2O6S2/c1-7-30(8-2)24-15-11-22(12-16-24)28(23-13-17-25(18-14-23)31(9-3)10-4)26-19-27(38(32,33)34)21(6)29(20(26)5)39(35,36)37/h11-19H,7-10H2,1-6H3,(H-,32,33,34,35,36,37). The van der Waals surface area contributed by atoms with Crippen LogP contribution >= 0.6 is 0 Å². The maximum Gasteiger partial charge on any atom is 0.294 e. The van der Waals surface area contributed by atoms with Crippen molar-refractivity contribution in [2.45, 2.75) is 51.3 Å². The molecule has 10 heteroatoms. The van der Waals surface area contributed by atoms with Gasteiger partial charge in [-0.3, -0.25) is 4.55 Å². The Labute approximate surface area is 232 Å². The lowest BCUT2D eigenvalue weighted by atomic mass is 9.87. The van der Waals surface area contributed by atoms with Crippen LogP contribution in [-0.2, 0) is 20.2 Å². The highest BCUT2D eigenvalue weighted by molar-refractivity contribution is 7.86. The zero-order valence-electron chi connectivity index (χ0n) is 23.2. The van der Waals surface area contributed by atoms with Crippen LogP contribution in [0.5, 0.6) is 0 Å². The van der Waals surface area contributed by atoms with E-state index in [4.69, 9.17) is 0 Å². The molecule has 0 bridgehead atoms. The van der Waals surface area contributed by atoms with Gasteiger partial charge in [0.1, 0.15) is 23.2 Å². The predicted octanol–water partition coefficient (Wildman–Crippen LogP) is 4.72. The van der Waals surface area contributed by atoms with Gasteiger partial charge >= 0.3 is 0 Å². The maximum absolute atomic E-state index is 12.3. The molecule has 2 aromatic carbocycles. The molecule has 0 aliphatic heterocycles. The van der Waals surface area contributed by atoms with Gasteiger partial charge in [-0.05, 0) is 105 Å². The van der Waals surface area contributed by atoms with E-state index in [9.17, 15) is 25.9 Å². The average Bonchev–Trinajstić information content (AvgIpc) is 2.87. The van der Waals surface area contributed by atoms with Crippen molar-refractivity contribution in [1.82, 2.24) is 0 Å². The Morgan fingerprint density at radius 3 is 1.85 bits per heavy atom. The number of anilines is 1. The Balaban J connectivity index is 2.44. The fourth-order valence-corrected chi connectivity index (χ4v) is 6.89. The van der Waals surface area contributed by atoms with Crippen LogP contribution in [0.3, 0.4) is 0 Å². The van der Waals surface area contributed by atoms with Crippen LogP contribution < -0.4 is 4.90 Å². The molecular formula is C29H36N2O6S2. The number of nitrogens with zero attached hydrogens (tertiary/aromatic N) is 2. The van der Waals surface area contributed by atoms with Crippen LogP contribution in [0.25, 0.3) is 5.57 Å². The molecule has 1 aliphatic rings. The van der Waals surface area contributed by atoms with Gasteiger partial charge in [0, 0.05) is 30.9 Å². The summed E-state index contributed by atoms with van der Waals surface area (Å²) in [7, 11) is -9.90. The van der Waals surface area contributed by atoms with Gasteiger partial charge < -0.3 is 9.45 Å². The van der Waals surface area contributed by atoms with E-state index in [0.29, 0.717) is 16.7 Å². The molecule has 0 unspecified atom stereocenters. The molecule has 210 valence electrons. The van der Waals surface area contributed by atoms with E-state index >= 15 is 0 Å². The smallest absolute Gasteiger partial charge is 0.294 e. The van der Waals surface area contributed by atoms with E-state index < -0.39 is 30.0 Å². The minimum atomic E-state index is -5.07. The first-order valence-corrected chi connectivity index (χ1v) is 15.8. The van der Waals surface area contributed by atoms with Gasteiger partial charge in [-0.2, -0.15) is 8.42 Å². The Morgan fingerprint density at radius 1 is 0.872 bits per heavy atom. The van der Waals surface area contributed by atoms with Crippen molar-refractivity contribution in [3.05, 3.63) is 82.5 Å². The van der Waals surface area contributed by atoms with Gasteiger partial charge in [0.15, 0.2) is 5.71 Å². The summed E-state index contributed by atoms with van der Waals surface area (Å²) < 4.78 is 73.7. The summed E-state index contributed by atoms with van der Waals surface area (Å²) in [5.41, 5.74) is 3.98. The minimum absolute atomic E-state index is 0.116. The van der Waals surface area contributed by atoms with Gasteiger partial charge in [-0.25, -0.2) is 13.0 Å². The molecule has 0 heterocycles. The number of benzene rings is 2. The largest absolute Gasteiger partial charge is 0.744 e. The molecule has 8 nitrogen and oxygen atoms in total. The Bertz CT molecular complexity index is 1570. The molecule has 0 aromatic heterocycles. The SMILES string of the molecule is CCN(CC)c1ccc(C(=C2C=CC(=[N+](CC)CC)C=C2)c2cc(S(=O)(=O)O)c(C)c(S(=O)(=O)[O-])c2C)cc1. The van der Waals surface area contributed by atoms with Crippen molar-refractivity contribution in [1.29, 1.82) is 0 Å². The maximum atomic E-state index is 12.3. The highest BCUT2D eigenvalue weighted by atomic mass is 32.2. The quantitative estimate of drug-likeness (QED) is 0.341. The third kappa shape index (κ3) is 6.41. The van der Waals surface area contributed by atoms with Crippen LogP contribution in [0.1, 0.15) is 49.9 Å². The number of allylic oxidation sites excluding steroid dienone is 5. The highest BCUT2D eigenvalue weighted by Gasteiger charge is 2.26. The number of hydrogen-bond donors (Lipinski definition) is 1. The second-order valence-electron chi connectivity index (χ2n) is 9.24. The molecular weight excluding hydrogens is 536 g/mol. The Hall–Kier alpha value is -3.05. The van der Waals surface area contributed by atoms with Crippen LogP contribution in [0.2, 0.25) is 0 Å². The van der Waals surface area contributed by atoms with Gasteiger partial charge in [0.2, 0.25) is 0 Å². The Morgan fingerprint density at radius 2 is 1.41 bits per heavy atom. The van der Waals surface area contributed by atoms with E-state index in [-0.39, 0.29) is 16.7 Å². The second kappa shape index (κ2) is 12.0. The van der Waals surface area contributed by atoms with Crippen molar-refractivity contribution < 1.29 is 30.5 Å². The summed E-state index contributed by atoms with van der Waals surface area (Å²) in [5, 5.41) is 0. The first-order chi connectivity index (χ1) is 18.3. The van der Waals surface area contributed by atoms with Crippen LogP contribution in [0.4, 0.5) is 5.69 Å². The molecule has 1 N–H and O–H groups in total. The molecule has 1 aliphatic carbocycles. The summed E-state index contributed by atoms with van der Waals surface area (Å²) >= 11 is 0. The number of rotatable bonds is 9. The van der Waals surface area contributed by atoms with E-state index in [1.54, 1.807) is 0 Å². The summed E-state index contributed by atoms with van der Waals surface area (Å²) in [6, 6.07) is 8.93. The zero-order valence-corrected chi connectivity index (χ0v) is 24.9. The van der Waals surface area contributed by atoms with Gasteiger partial charge in [0.05, 0.1) is 9.79 Å². The summed E-state index contributed by atoms with van der Waals surface area (Å²) in [6.45, 7) is 14.2. The number of hydrogen-bond acceptors (Lipinski definition) is 6. The third-order valence-corrected chi connectivity index (χ3v) is 9.19. The van der Waals surface area contributed by atoms with E-state index in [2.05, 4.69) is 37.2 Å². The summed E-state index contributed by atoms with van der Waals surface area (Å²) in [4.78, 5) is 0.914. The molecule has 0 radical (unpaired) electrons. The lowest BCUT2D eigenvalue weighted by Gasteiger charge is -2.24. The van der Waals surface area contributed by atoms with Crippen LogP contribution in [-0.4, -0.2) is 62.4 Å². The molecule has 0 fully saturated rings. The van der Waals surface area contributed by atoms with Crippen LogP contribution in [0, 0.1) is 13.8 Å². The first-order valence-electron chi connectivity index (χ1n) is 12.9. The van der Waals surface area contributed by atoms with E-state index in [1.165, 1.54) is 19.9 Å². The van der Waals surface area contributed by atoms with Crippen molar-refractivity contribution in [2.24, 2.45) is 0 Å². The van der Waals surface area contributed by atoms with Gasteiger partial charge in [-0.15, -0.1) is 0 Å². The zero-order chi connectivity index (χ0) is 29.1. The molecule has 39 heavy (non-hydrogen) atoms. The topological polar surface area (TPSA) is 118 Å². The highest BCUT2D eigenvalue weighted by Crippen LogP contribution is 2.38. The first kappa shape index (κ1) is 30.5. The average molecular weight is 573 g/mol. The Kier molecular flexibility index (Phi) is 9.38. The van der Waals surface area contributed by atoms with E-state index in [1.807, 2.05) is 48.6 Å². The van der Waals surface area contributed by atoms with Gasteiger partial charge in [-0.1, -0.05) is 12.1 Å². The van der Waals surface area contributed by atoms with Crippen molar-refractivity contribution in [2.75, 3.05) is 31.1 Å². The second-order valence-corrected chi connectivity index (χ2v) is 12.0. The molecule has 0 saturated carbocycles. The monoisotopic (exact) mass is 572 g/mol. The van der Waals surface area contributed by atoms with Crippen LogP contribution in [0.15, 0.2) is 70.0 Å². The van der Waals surface area contributed by atoms with Crippen molar-refractivity contribution in [3.63, 3.8) is 0 Å². The molecule has 0 atom stereocenters. The summed E-state index contributed by atoms with van der Waals surface area (Å²) in [5.74, 6) is 0. The minimum Gasteiger partial charge on any atom is -0.744 e.